The predicted octanol–water partition coefficient (Wildman–Crippen LogP) is 5.12. The van der Waals surface area contributed by atoms with Crippen LogP contribution in [0.2, 0.25) is 0 Å². The lowest BCUT2D eigenvalue weighted by molar-refractivity contribution is -0.119. The molecule has 0 aromatic heterocycles. The fraction of sp³-hybridized carbons (Fsp3) is 0.722. The average molecular weight is 258 g/mol. The lowest BCUT2D eigenvalue weighted by atomic mass is 9.74. The molecule has 0 aromatic carbocycles. The Hall–Kier alpha value is -0.850. The second-order valence-corrected chi connectivity index (χ2v) is 6.48. The van der Waals surface area contributed by atoms with Gasteiger partial charge in [0, 0.05) is 5.92 Å². The minimum atomic E-state index is 0.262. The maximum Gasteiger partial charge on any atom is 0.165 e. The monoisotopic (exact) mass is 258 g/mol. The van der Waals surface area contributed by atoms with Gasteiger partial charge in [-0.15, -0.1) is 0 Å². The van der Waals surface area contributed by atoms with Gasteiger partial charge in [-0.2, -0.15) is 0 Å². The lowest BCUT2D eigenvalue weighted by Crippen LogP contribution is -2.25. The van der Waals surface area contributed by atoms with E-state index in [9.17, 15) is 4.79 Å². The van der Waals surface area contributed by atoms with Crippen LogP contribution in [0.25, 0.3) is 0 Å². The van der Waals surface area contributed by atoms with E-state index in [-0.39, 0.29) is 5.92 Å². The van der Waals surface area contributed by atoms with Crippen molar-refractivity contribution < 1.29 is 4.79 Å². The lowest BCUT2D eigenvalue weighted by Gasteiger charge is -2.29. The number of hydrogen-bond acceptors (Lipinski definition) is 1. The zero-order valence-corrected chi connectivity index (χ0v) is 12.0. The average Bonchev–Trinajstić information content (AvgIpc) is 2.49. The van der Waals surface area contributed by atoms with Gasteiger partial charge >= 0.3 is 0 Å². The summed E-state index contributed by atoms with van der Waals surface area (Å²) in [6.45, 7) is 0. The van der Waals surface area contributed by atoms with E-state index in [1.807, 2.05) is 0 Å². The van der Waals surface area contributed by atoms with Crippen molar-refractivity contribution in [3.63, 3.8) is 0 Å². The van der Waals surface area contributed by atoms with Crippen LogP contribution < -0.4 is 0 Å². The summed E-state index contributed by atoms with van der Waals surface area (Å²) in [5, 5.41) is 0. The zero-order valence-electron chi connectivity index (χ0n) is 12.0. The number of ketones is 1. The van der Waals surface area contributed by atoms with Crippen LogP contribution in [0.15, 0.2) is 22.8 Å². The Balaban J connectivity index is 1.80. The maximum atomic E-state index is 12.8. The normalized spacial score (nSPS) is 29.4. The van der Waals surface area contributed by atoms with Gasteiger partial charge in [0.05, 0.1) is 0 Å². The van der Waals surface area contributed by atoms with Crippen molar-refractivity contribution in [1.29, 1.82) is 0 Å². The molecule has 0 aliphatic heterocycles. The van der Waals surface area contributed by atoms with Gasteiger partial charge in [0.1, 0.15) is 0 Å². The van der Waals surface area contributed by atoms with Gasteiger partial charge in [0.25, 0.3) is 0 Å². The molecule has 0 heterocycles. The molecule has 0 N–H and O–H groups in total. The molecule has 1 unspecified atom stereocenters. The highest BCUT2D eigenvalue weighted by Gasteiger charge is 2.31. The highest BCUT2D eigenvalue weighted by atomic mass is 16.1. The molecular formula is C18H26O. The Morgan fingerprint density at radius 1 is 0.842 bits per heavy atom. The molecule has 19 heavy (non-hydrogen) atoms. The molecule has 104 valence electrons. The van der Waals surface area contributed by atoms with Crippen LogP contribution in [0.4, 0.5) is 0 Å². The minimum absolute atomic E-state index is 0.262. The van der Waals surface area contributed by atoms with Crippen LogP contribution in [0.3, 0.4) is 0 Å². The number of rotatable bonds is 1. The first-order chi connectivity index (χ1) is 9.36. The molecule has 0 radical (unpaired) electrons. The molecular weight excluding hydrogens is 232 g/mol. The number of carbonyl (C=O) groups is 1. The van der Waals surface area contributed by atoms with Crippen molar-refractivity contribution in [2.24, 2.45) is 5.92 Å². The number of hydrogen-bond donors (Lipinski definition) is 0. The smallest absolute Gasteiger partial charge is 0.165 e. The van der Waals surface area contributed by atoms with Gasteiger partial charge in [-0.25, -0.2) is 0 Å². The fourth-order valence-corrected chi connectivity index (χ4v) is 4.11. The van der Waals surface area contributed by atoms with Gasteiger partial charge in [0.15, 0.2) is 5.78 Å². The van der Waals surface area contributed by atoms with E-state index in [2.05, 4.69) is 6.08 Å². The van der Waals surface area contributed by atoms with Gasteiger partial charge in [-0.3, -0.25) is 4.79 Å². The third-order valence-electron chi connectivity index (χ3n) is 5.19. The molecule has 1 heteroatoms. The zero-order chi connectivity index (χ0) is 13.1. The SMILES string of the molecule is O=C1C(=C2CCCCC2)CCCC1C1=CCCCC1. The standard InChI is InChI=1S/C18H26O/c19-18-16(14-8-3-1-4-9-14)12-7-13-17(18)15-10-5-2-6-11-15/h8,16H,1-7,9-13H2. The summed E-state index contributed by atoms with van der Waals surface area (Å²) in [5.74, 6) is 0.773. The van der Waals surface area contributed by atoms with Crippen molar-refractivity contribution >= 4 is 5.78 Å². The van der Waals surface area contributed by atoms with Crippen LogP contribution in [-0.4, -0.2) is 5.78 Å². The summed E-state index contributed by atoms with van der Waals surface area (Å²) in [7, 11) is 0. The van der Waals surface area contributed by atoms with E-state index < -0.39 is 0 Å². The van der Waals surface area contributed by atoms with E-state index in [1.165, 1.54) is 80.9 Å². The first-order valence-corrected chi connectivity index (χ1v) is 8.30. The van der Waals surface area contributed by atoms with Crippen LogP contribution in [0.1, 0.15) is 77.0 Å². The topological polar surface area (TPSA) is 17.1 Å². The highest BCUT2D eigenvalue weighted by Crippen LogP contribution is 2.38. The van der Waals surface area contributed by atoms with E-state index in [0.717, 1.165) is 12.8 Å². The van der Waals surface area contributed by atoms with Crippen LogP contribution >= 0.6 is 0 Å². The molecule has 0 amide bonds. The molecule has 3 aliphatic carbocycles. The summed E-state index contributed by atoms with van der Waals surface area (Å²) < 4.78 is 0. The molecule has 0 spiro atoms. The second-order valence-electron chi connectivity index (χ2n) is 6.48. The summed E-state index contributed by atoms with van der Waals surface area (Å²) >= 11 is 0. The van der Waals surface area contributed by atoms with Gasteiger partial charge < -0.3 is 0 Å². The largest absolute Gasteiger partial charge is 0.294 e. The first kappa shape index (κ1) is 13.1. The quantitative estimate of drug-likeness (QED) is 0.471. The van der Waals surface area contributed by atoms with Crippen molar-refractivity contribution in [2.45, 2.75) is 77.0 Å². The third kappa shape index (κ3) is 2.85. The predicted molar refractivity (Wildman–Crippen MR) is 79.0 cm³/mol. The van der Waals surface area contributed by atoms with E-state index in [4.69, 9.17) is 0 Å². The summed E-state index contributed by atoms with van der Waals surface area (Å²) in [6.07, 6.45) is 17.1. The Morgan fingerprint density at radius 2 is 1.63 bits per heavy atom. The Bertz CT molecular complexity index is 405. The fourth-order valence-electron chi connectivity index (χ4n) is 4.11. The number of Topliss-reactive ketones (excluding diaryl/α,β-unsaturated/α-hetero) is 1. The van der Waals surface area contributed by atoms with Crippen LogP contribution in [0, 0.1) is 5.92 Å². The number of carbonyl (C=O) groups excluding carboxylic acids is 1. The summed E-state index contributed by atoms with van der Waals surface area (Å²) in [5.41, 5.74) is 4.25. The highest BCUT2D eigenvalue weighted by molar-refractivity contribution is 6.00. The van der Waals surface area contributed by atoms with Crippen molar-refractivity contribution in [1.82, 2.24) is 0 Å². The third-order valence-corrected chi connectivity index (χ3v) is 5.19. The Morgan fingerprint density at radius 3 is 2.37 bits per heavy atom. The van der Waals surface area contributed by atoms with Crippen LogP contribution in [0.5, 0.6) is 0 Å². The molecule has 3 aliphatic rings. The van der Waals surface area contributed by atoms with E-state index >= 15 is 0 Å². The summed E-state index contributed by atoms with van der Waals surface area (Å²) in [4.78, 5) is 12.8. The van der Waals surface area contributed by atoms with Crippen molar-refractivity contribution in [2.75, 3.05) is 0 Å². The Labute approximate surface area is 117 Å². The van der Waals surface area contributed by atoms with E-state index in [0.29, 0.717) is 5.78 Å². The molecule has 2 saturated carbocycles. The number of allylic oxidation sites excluding steroid dienone is 4. The molecule has 2 fully saturated rings. The van der Waals surface area contributed by atoms with Crippen LogP contribution in [-0.2, 0) is 4.79 Å². The van der Waals surface area contributed by atoms with Gasteiger partial charge in [0.2, 0.25) is 0 Å². The van der Waals surface area contributed by atoms with Crippen molar-refractivity contribution in [3.05, 3.63) is 22.8 Å². The van der Waals surface area contributed by atoms with Gasteiger partial charge in [-0.05, 0) is 76.2 Å². The molecule has 0 aromatic rings. The van der Waals surface area contributed by atoms with Gasteiger partial charge in [-0.1, -0.05) is 23.6 Å². The molecule has 0 bridgehead atoms. The van der Waals surface area contributed by atoms with Crippen molar-refractivity contribution in [3.8, 4) is 0 Å². The molecule has 1 atom stereocenters. The molecule has 1 nitrogen and oxygen atoms in total. The molecule has 3 rings (SSSR count). The van der Waals surface area contributed by atoms with E-state index in [1.54, 1.807) is 0 Å². The summed E-state index contributed by atoms with van der Waals surface area (Å²) in [6, 6.07) is 0. The first-order valence-electron chi connectivity index (χ1n) is 8.30. The second kappa shape index (κ2) is 6.07. The maximum absolute atomic E-state index is 12.8. The minimum Gasteiger partial charge on any atom is -0.294 e. The molecule has 0 saturated heterocycles. The Kier molecular flexibility index (Phi) is 4.20.